The van der Waals surface area contributed by atoms with Gasteiger partial charge < -0.3 is 0 Å². The summed E-state index contributed by atoms with van der Waals surface area (Å²) in [6, 6.07) is 0. The van der Waals surface area contributed by atoms with Crippen molar-refractivity contribution in [2.45, 2.75) is 51.5 Å². The molecule has 0 spiro atoms. The molecule has 1 unspecified atom stereocenters. The maximum atomic E-state index is 11.5. The predicted octanol–water partition coefficient (Wildman–Crippen LogP) is 3.28. The fraction of sp³-hybridized carbons (Fsp3) is 0.667. The summed E-state index contributed by atoms with van der Waals surface area (Å²) >= 11 is 3.55. The van der Waals surface area contributed by atoms with E-state index in [1.54, 1.807) is 0 Å². The van der Waals surface area contributed by atoms with Gasteiger partial charge in [0.1, 0.15) is 5.78 Å². The Bertz CT molecular complexity index is 386. The van der Waals surface area contributed by atoms with Crippen LogP contribution in [0.5, 0.6) is 0 Å². The van der Waals surface area contributed by atoms with Crippen molar-refractivity contribution in [1.82, 2.24) is 9.78 Å². The molecule has 1 aliphatic carbocycles. The van der Waals surface area contributed by atoms with E-state index in [-0.39, 0.29) is 0 Å². The molecule has 0 N–H and O–H groups in total. The van der Waals surface area contributed by atoms with Gasteiger partial charge in [-0.3, -0.25) is 9.48 Å². The van der Waals surface area contributed by atoms with E-state index < -0.39 is 0 Å². The van der Waals surface area contributed by atoms with E-state index in [0.29, 0.717) is 18.1 Å². The topological polar surface area (TPSA) is 34.9 Å². The first-order valence-corrected chi connectivity index (χ1v) is 6.74. The van der Waals surface area contributed by atoms with Crippen molar-refractivity contribution >= 4 is 21.7 Å². The molecule has 0 amide bonds. The third-order valence-corrected chi connectivity index (χ3v) is 3.75. The third-order valence-electron chi connectivity index (χ3n) is 3.14. The summed E-state index contributed by atoms with van der Waals surface area (Å²) in [6.07, 6.45) is 6.50. The third kappa shape index (κ3) is 2.37. The van der Waals surface area contributed by atoms with E-state index in [1.165, 1.54) is 5.69 Å². The standard InChI is InChI=1S/C12H17BrN2O/c1-2-6-15-12(11(13)8-14-15)9-4-3-5-10(16)7-9/h8-9H,2-7H2,1H3. The van der Waals surface area contributed by atoms with E-state index in [9.17, 15) is 4.79 Å². The second-order valence-corrected chi connectivity index (χ2v) is 5.29. The number of nitrogens with zero attached hydrogens (tertiary/aromatic N) is 2. The maximum absolute atomic E-state index is 11.5. The molecule has 1 aromatic heterocycles. The quantitative estimate of drug-likeness (QED) is 0.854. The largest absolute Gasteiger partial charge is 0.300 e. The lowest BCUT2D eigenvalue weighted by molar-refractivity contribution is -0.120. The van der Waals surface area contributed by atoms with Crippen molar-refractivity contribution in [2.24, 2.45) is 0 Å². The summed E-state index contributed by atoms with van der Waals surface area (Å²) < 4.78 is 3.11. The first kappa shape index (κ1) is 11.8. The average Bonchev–Trinajstić information content (AvgIpc) is 2.60. The number of carbonyl (C=O) groups excluding carboxylic acids is 1. The second-order valence-electron chi connectivity index (χ2n) is 4.43. The molecule has 1 fully saturated rings. The average molecular weight is 285 g/mol. The number of aryl methyl sites for hydroxylation is 1. The van der Waals surface area contributed by atoms with E-state index in [0.717, 1.165) is 36.7 Å². The summed E-state index contributed by atoms with van der Waals surface area (Å²) in [5, 5.41) is 4.36. The molecule has 1 aliphatic rings. The van der Waals surface area contributed by atoms with Crippen LogP contribution in [0.3, 0.4) is 0 Å². The van der Waals surface area contributed by atoms with E-state index in [4.69, 9.17) is 0 Å². The molecule has 1 saturated carbocycles. The number of halogens is 1. The van der Waals surface area contributed by atoms with Crippen LogP contribution < -0.4 is 0 Å². The summed E-state index contributed by atoms with van der Waals surface area (Å²) in [5.41, 5.74) is 1.22. The molecule has 16 heavy (non-hydrogen) atoms. The maximum Gasteiger partial charge on any atom is 0.133 e. The number of aromatic nitrogens is 2. The van der Waals surface area contributed by atoms with Gasteiger partial charge in [0.2, 0.25) is 0 Å². The van der Waals surface area contributed by atoms with Crippen molar-refractivity contribution in [3.8, 4) is 0 Å². The van der Waals surface area contributed by atoms with Gasteiger partial charge in [-0.15, -0.1) is 0 Å². The summed E-state index contributed by atoms with van der Waals surface area (Å²) in [4.78, 5) is 11.5. The summed E-state index contributed by atoms with van der Waals surface area (Å²) in [7, 11) is 0. The van der Waals surface area contributed by atoms with Crippen LogP contribution in [0.25, 0.3) is 0 Å². The first-order chi connectivity index (χ1) is 7.72. The van der Waals surface area contributed by atoms with Crippen molar-refractivity contribution in [3.05, 3.63) is 16.4 Å². The number of Topliss-reactive ketones (excluding diaryl/α,β-unsaturated/α-hetero) is 1. The highest BCUT2D eigenvalue weighted by Crippen LogP contribution is 2.35. The minimum atomic E-state index is 0.365. The Morgan fingerprint density at radius 2 is 2.44 bits per heavy atom. The molecule has 1 aromatic rings. The number of hydrogen-bond donors (Lipinski definition) is 0. The first-order valence-electron chi connectivity index (χ1n) is 5.95. The zero-order chi connectivity index (χ0) is 11.5. The van der Waals surface area contributed by atoms with Gasteiger partial charge in [0.15, 0.2) is 0 Å². The van der Waals surface area contributed by atoms with Crippen LogP contribution in [0.1, 0.15) is 50.6 Å². The smallest absolute Gasteiger partial charge is 0.133 e. The Balaban J connectivity index is 2.23. The highest BCUT2D eigenvalue weighted by Gasteiger charge is 2.25. The monoisotopic (exact) mass is 284 g/mol. The van der Waals surface area contributed by atoms with Gasteiger partial charge >= 0.3 is 0 Å². The van der Waals surface area contributed by atoms with Crippen molar-refractivity contribution in [3.63, 3.8) is 0 Å². The summed E-state index contributed by atoms with van der Waals surface area (Å²) in [5.74, 6) is 0.761. The number of carbonyl (C=O) groups is 1. The normalized spacial score (nSPS) is 21.4. The molecule has 3 nitrogen and oxygen atoms in total. The molecule has 2 rings (SSSR count). The van der Waals surface area contributed by atoms with Crippen LogP contribution >= 0.6 is 15.9 Å². The number of hydrogen-bond acceptors (Lipinski definition) is 2. The zero-order valence-electron chi connectivity index (χ0n) is 9.58. The predicted molar refractivity (Wildman–Crippen MR) is 66.4 cm³/mol. The molecule has 0 bridgehead atoms. The van der Waals surface area contributed by atoms with Crippen LogP contribution in [0, 0.1) is 0 Å². The molecule has 1 atom stereocenters. The van der Waals surface area contributed by atoms with Crippen molar-refractivity contribution in [1.29, 1.82) is 0 Å². The lowest BCUT2D eigenvalue weighted by Gasteiger charge is -2.22. The molecule has 4 heteroatoms. The van der Waals surface area contributed by atoms with Gasteiger partial charge in [0.05, 0.1) is 16.4 Å². The minimum Gasteiger partial charge on any atom is -0.300 e. The zero-order valence-corrected chi connectivity index (χ0v) is 11.2. The lowest BCUT2D eigenvalue weighted by atomic mass is 9.86. The van der Waals surface area contributed by atoms with Gasteiger partial charge in [0, 0.05) is 25.3 Å². The molecule has 0 radical (unpaired) electrons. The highest BCUT2D eigenvalue weighted by molar-refractivity contribution is 9.10. The van der Waals surface area contributed by atoms with E-state index in [2.05, 4.69) is 28.0 Å². The minimum absolute atomic E-state index is 0.365. The van der Waals surface area contributed by atoms with Crippen LogP contribution in [-0.2, 0) is 11.3 Å². The van der Waals surface area contributed by atoms with E-state index >= 15 is 0 Å². The molecule has 1 heterocycles. The Labute approximate surface area is 104 Å². The van der Waals surface area contributed by atoms with Gasteiger partial charge in [-0.25, -0.2) is 0 Å². The number of rotatable bonds is 3. The Kier molecular flexibility index (Phi) is 3.79. The fourth-order valence-electron chi connectivity index (χ4n) is 2.43. The number of ketones is 1. The van der Waals surface area contributed by atoms with Gasteiger partial charge in [0.25, 0.3) is 0 Å². The Hall–Kier alpha value is -0.640. The Morgan fingerprint density at radius 3 is 3.12 bits per heavy atom. The van der Waals surface area contributed by atoms with Gasteiger partial charge in [-0.05, 0) is 35.2 Å². The fourth-order valence-corrected chi connectivity index (χ4v) is 3.05. The highest BCUT2D eigenvalue weighted by atomic mass is 79.9. The van der Waals surface area contributed by atoms with Crippen molar-refractivity contribution < 1.29 is 4.79 Å². The molecule has 0 aromatic carbocycles. The van der Waals surface area contributed by atoms with Crippen molar-refractivity contribution in [2.75, 3.05) is 0 Å². The van der Waals surface area contributed by atoms with Gasteiger partial charge in [-0.1, -0.05) is 6.92 Å². The van der Waals surface area contributed by atoms with Gasteiger partial charge in [-0.2, -0.15) is 5.10 Å². The second kappa shape index (κ2) is 5.13. The van der Waals surface area contributed by atoms with Crippen LogP contribution in [0.15, 0.2) is 10.7 Å². The van der Waals surface area contributed by atoms with Crippen LogP contribution in [0.4, 0.5) is 0 Å². The SMILES string of the molecule is CCCn1ncc(Br)c1C1CCCC(=O)C1. The molecule has 0 aliphatic heterocycles. The molecule has 0 saturated heterocycles. The molecule has 88 valence electrons. The molecular weight excluding hydrogens is 268 g/mol. The van der Waals surface area contributed by atoms with Crippen LogP contribution in [-0.4, -0.2) is 15.6 Å². The summed E-state index contributed by atoms with van der Waals surface area (Å²) in [6.45, 7) is 3.08. The van der Waals surface area contributed by atoms with Crippen LogP contribution in [0.2, 0.25) is 0 Å². The Morgan fingerprint density at radius 1 is 1.62 bits per heavy atom. The lowest BCUT2D eigenvalue weighted by Crippen LogP contribution is -2.17. The molecular formula is C12H17BrN2O. The van der Waals surface area contributed by atoms with E-state index in [1.807, 2.05) is 10.9 Å².